The number of carboxylic acid groups (broad SMARTS) is 1. The number of benzene rings is 2. The van der Waals surface area contributed by atoms with Gasteiger partial charge in [-0.2, -0.15) is 13.2 Å². The third-order valence-corrected chi connectivity index (χ3v) is 6.77. The average molecular weight is 466 g/mol. The molecule has 0 fully saturated rings. The Morgan fingerprint density at radius 2 is 1.84 bits per heavy atom. The van der Waals surface area contributed by atoms with E-state index >= 15 is 0 Å². The standard InChI is InChI=1S/C22H21F3N2O4S/c1-4-14-7-9-16(21(28)29)13(2)20(14)32(30,31)26-18-12-15(22(23,24)25)8-10-17(18)19-6-5-11-27(19)3/h5-12,26H,4H2,1-3H3,(H,28,29). The minimum atomic E-state index is -4.68. The zero-order valence-corrected chi connectivity index (χ0v) is 18.3. The monoisotopic (exact) mass is 466 g/mol. The number of hydrogen-bond donors (Lipinski definition) is 2. The van der Waals surface area contributed by atoms with Crippen molar-refractivity contribution in [1.82, 2.24) is 4.57 Å². The van der Waals surface area contributed by atoms with E-state index in [1.165, 1.54) is 25.1 Å². The first-order valence-electron chi connectivity index (χ1n) is 9.58. The minimum Gasteiger partial charge on any atom is -0.478 e. The van der Waals surface area contributed by atoms with Crippen molar-refractivity contribution in [3.63, 3.8) is 0 Å². The smallest absolute Gasteiger partial charge is 0.416 e. The van der Waals surface area contributed by atoms with Crippen molar-refractivity contribution >= 4 is 21.7 Å². The van der Waals surface area contributed by atoms with Crippen molar-refractivity contribution in [2.24, 2.45) is 7.05 Å². The lowest BCUT2D eigenvalue weighted by Crippen LogP contribution is -2.19. The summed E-state index contributed by atoms with van der Waals surface area (Å²) in [5.74, 6) is -1.30. The average Bonchev–Trinajstić information content (AvgIpc) is 3.11. The van der Waals surface area contributed by atoms with Gasteiger partial charge in [0.15, 0.2) is 0 Å². The van der Waals surface area contributed by atoms with Crippen LogP contribution in [0.5, 0.6) is 0 Å². The first-order valence-corrected chi connectivity index (χ1v) is 11.1. The lowest BCUT2D eigenvalue weighted by atomic mass is 10.0. The summed E-state index contributed by atoms with van der Waals surface area (Å²) in [6.45, 7) is 3.06. The third kappa shape index (κ3) is 4.36. The molecule has 10 heteroatoms. The number of halogens is 3. The number of alkyl halides is 3. The predicted molar refractivity (Wildman–Crippen MR) is 114 cm³/mol. The Bertz CT molecular complexity index is 1290. The summed E-state index contributed by atoms with van der Waals surface area (Å²) in [5.41, 5.74) is -0.357. The van der Waals surface area contributed by atoms with Crippen LogP contribution >= 0.6 is 0 Å². The second-order valence-electron chi connectivity index (χ2n) is 7.25. The second-order valence-corrected chi connectivity index (χ2v) is 8.87. The summed E-state index contributed by atoms with van der Waals surface area (Å²) < 4.78 is 70.7. The number of anilines is 1. The van der Waals surface area contributed by atoms with Crippen LogP contribution in [0.15, 0.2) is 53.6 Å². The van der Waals surface area contributed by atoms with Crippen molar-refractivity contribution in [3.05, 3.63) is 70.9 Å². The van der Waals surface area contributed by atoms with Crippen LogP contribution in [0.3, 0.4) is 0 Å². The third-order valence-electron chi connectivity index (χ3n) is 5.18. The van der Waals surface area contributed by atoms with Crippen LogP contribution in [0.4, 0.5) is 18.9 Å². The molecule has 0 unspecified atom stereocenters. The topological polar surface area (TPSA) is 88.4 Å². The zero-order valence-electron chi connectivity index (χ0n) is 17.5. The Hall–Kier alpha value is -3.27. The Kier molecular flexibility index (Phi) is 6.10. The zero-order chi connectivity index (χ0) is 23.8. The highest BCUT2D eigenvalue weighted by atomic mass is 32.2. The van der Waals surface area contributed by atoms with Crippen molar-refractivity contribution in [3.8, 4) is 11.3 Å². The molecule has 0 radical (unpaired) electrons. The Balaban J connectivity index is 2.23. The Morgan fingerprint density at radius 3 is 2.38 bits per heavy atom. The number of aromatic carboxylic acids is 1. The molecule has 6 nitrogen and oxygen atoms in total. The summed E-state index contributed by atoms with van der Waals surface area (Å²) >= 11 is 0. The van der Waals surface area contributed by atoms with Crippen LogP contribution < -0.4 is 4.72 Å². The summed E-state index contributed by atoms with van der Waals surface area (Å²) in [4.78, 5) is 11.3. The van der Waals surface area contributed by atoms with Crippen LogP contribution in [-0.2, 0) is 29.7 Å². The molecule has 0 aliphatic rings. The molecule has 3 rings (SSSR count). The molecule has 3 aromatic rings. The Labute approximate surface area is 183 Å². The molecule has 0 bridgehead atoms. The van der Waals surface area contributed by atoms with Gasteiger partial charge in [-0.25, -0.2) is 13.2 Å². The molecule has 0 amide bonds. The lowest BCUT2D eigenvalue weighted by Gasteiger charge is -2.19. The quantitative estimate of drug-likeness (QED) is 0.530. The van der Waals surface area contributed by atoms with Crippen LogP contribution in [0.25, 0.3) is 11.3 Å². The lowest BCUT2D eigenvalue weighted by molar-refractivity contribution is -0.137. The van der Waals surface area contributed by atoms with E-state index in [0.717, 1.165) is 12.1 Å². The van der Waals surface area contributed by atoms with E-state index in [0.29, 0.717) is 11.3 Å². The fourth-order valence-electron chi connectivity index (χ4n) is 3.60. The number of hydrogen-bond acceptors (Lipinski definition) is 3. The van der Waals surface area contributed by atoms with Gasteiger partial charge in [-0.3, -0.25) is 4.72 Å². The largest absolute Gasteiger partial charge is 0.478 e. The van der Waals surface area contributed by atoms with E-state index in [9.17, 15) is 31.5 Å². The normalized spacial score (nSPS) is 12.1. The number of nitrogens with one attached hydrogen (secondary N) is 1. The number of aromatic nitrogens is 1. The molecular weight excluding hydrogens is 445 g/mol. The second kappa shape index (κ2) is 8.34. The molecule has 1 heterocycles. The molecule has 0 aliphatic carbocycles. The number of carbonyl (C=O) groups is 1. The maximum absolute atomic E-state index is 13.4. The van der Waals surface area contributed by atoms with Crippen molar-refractivity contribution in [2.75, 3.05) is 4.72 Å². The summed E-state index contributed by atoms with van der Waals surface area (Å²) in [7, 11) is -2.74. The van der Waals surface area contributed by atoms with Crippen molar-refractivity contribution < 1.29 is 31.5 Å². The fourth-order valence-corrected chi connectivity index (χ4v) is 5.23. The molecule has 2 aromatic carbocycles. The van der Waals surface area contributed by atoms with Gasteiger partial charge < -0.3 is 9.67 Å². The maximum atomic E-state index is 13.4. The van der Waals surface area contributed by atoms with Crippen molar-refractivity contribution in [1.29, 1.82) is 0 Å². The van der Waals surface area contributed by atoms with Gasteiger partial charge in [0.2, 0.25) is 0 Å². The molecule has 170 valence electrons. The summed E-state index contributed by atoms with van der Waals surface area (Å²) in [6, 6.07) is 8.87. The van der Waals surface area contributed by atoms with E-state index in [1.807, 2.05) is 0 Å². The highest BCUT2D eigenvalue weighted by Crippen LogP contribution is 2.37. The molecular formula is C22H21F3N2O4S. The van der Waals surface area contributed by atoms with Gasteiger partial charge in [0.1, 0.15) is 0 Å². The fraction of sp³-hybridized carbons (Fsp3) is 0.227. The van der Waals surface area contributed by atoms with Gasteiger partial charge in [0, 0.05) is 24.5 Å². The molecule has 1 aromatic heterocycles. The summed E-state index contributed by atoms with van der Waals surface area (Å²) in [5, 5.41) is 9.39. The van der Waals surface area contributed by atoms with Crippen molar-refractivity contribution in [2.45, 2.75) is 31.3 Å². The highest BCUT2D eigenvalue weighted by Gasteiger charge is 2.32. The number of nitrogens with zero attached hydrogens (tertiary/aromatic N) is 1. The van der Waals surface area contributed by atoms with E-state index < -0.39 is 27.7 Å². The molecule has 0 aliphatic heterocycles. The van der Waals surface area contributed by atoms with Crippen LogP contribution in [-0.4, -0.2) is 24.1 Å². The number of rotatable bonds is 6. The Morgan fingerprint density at radius 1 is 1.16 bits per heavy atom. The van der Waals surface area contributed by atoms with E-state index in [1.54, 1.807) is 36.9 Å². The van der Waals surface area contributed by atoms with Gasteiger partial charge in [-0.05, 0) is 54.8 Å². The maximum Gasteiger partial charge on any atom is 0.416 e. The molecule has 32 heavy (non-hydrogen) atoms. The molecule has 2 N–H and O–H groups in total. The van der Waals surface area contributed by atoms with E-state index in [2.05, 4.69) is 4.72 Å². The van der Waals surface area contributed by atoms with Gasteiger partial charge >= 0.3 is 12.1 Å². The number of carboxylic acids is 1. The first-order chi connectivity index (χ1) is 14.9. The minimum absolute atomic E-state index is 0.0109. The highest BCUT2D eigenvalue weighted by molar-refractivity contribution is 7.92. The van der Waals surface area contributed by atoms with Gasteiger partial charge in [0.25, 0.3) is 10.0 Å². The van der Waals surface area contributed by atoms with Gasteiger partial charge in [-0.1, -0.05) is 19.1 Å². The van der Waals surface area contributed by atoms with Crippen LogP contribution in [0, 0.1) is 6.92 Å². The van der Waals surface area contributed by atoms with E-state index in [-0.39, 0.29) is 33.7 Å². The first kappa shape index (κ1) is 23.4. The molecule has 0 saturated carbocycles. The van der Waals surface area contributed by atoms with Crippen LogP contribution in [0.1, 0.15) is 34.0 Å². The van der Waals surface area contributed by atoms with Gasteiger partial charge in [0.05, 0.1) is 21.7 Å². The van der Waals surface area contributed by atoms with E-state index in [4.69, 9.17) is 0 Å². The molecule has 0 spiro atoms. The molecule has 0 atom stereocenters. The summed E-state index contributed by atoms with van der Waals surface area (Å²) in [6.07, 6.45) is -2.72. The SMILES string of the molecule is CCc1ccc(C(=O)O)c(C)c1S(=O)(=O)Nc1cc(C(F)(F)F)ccc1-c1cccn1C. The number of aryl methyl sites for hydroxylation is 2. The number of sulfonamides is 1. The molecule has 0 saturated heterocycles. The van der Waals surface area contributed by atoms with Crippen LogP contribution in [0.2, 0.25) is 0 Å². The van der Waals surface area contributed by atoms with Gasteiger partial charge in [-0.15, -0.1) is 0 Å². The predicted octanol–water partition coefficient (Wildman–Crippen LogP) is 5.08.